The maximum atomic E-state index is 13.5. The lowest BCUT2D eigenvalue weighted by Crippen LogP contribution is -2.48. The van der Waals surface area contributed by atoms with Crippen molar-refractivity contribution in [2.24, 2.45) is 76.9 Å². The van der Waals surface area contributed by atoms with Gasteiger partial charge in [0.05, 0.1) is 12.5 Å². The summed E-state index contributed by atoms with van der Waals surface area (Å²) in [5.74, 6) is 12.3. The van der Waals surface area contributed by atoms with E-state index in [0.717, 1.165) is 77.9 Å². The van der Waals surface area contributed by atoms with E-state index in [1.54, 1.807) is 57.8 Å². The Balaban J connectivity index is 0.767. The Morgan fingerprint density at radius 2 is 0.745 bits per heavy atom. The van der Waals surface area contributed by atoms with Gasteiger partial charge in [-0.25, -0.2) is 0 Å². The Morgan fingerprint density at radius 1 is 0.392 bits per heavy atom. The Labute approximate surface area is 316 Å². The molecule has 7 aliphatic rings. The van der Waals surface area contributed by atoms with E-state index in [-0.39, 0.29) is 11.9 Å². The van der Waals surface area contributed by atoms with Crippen molar-refractivity contribution in [2.75, 3.05) is 6.61 Å². The molecule has 0 aromatic carbocycles. The quantitative estimate of drug-likeness (QED) is 0.105. The zero-order valence-electron chi connectivity index (χ0n) is 33.9. The Hall–Kier alpha value is -0.530. The van der Waals surface area contributed by atoms with Gasteiger partial charge in [0.15, 0.2) is 0 Å². The molecule has 0 N–H and O–H groups in total. The average molecular weight is 705 g/mol. The molecule has 0 bridgehead atoms. The predicted octanol–water partition coefficient (Wildman–Crippen LogP) is 14.5. The van der Waals surface area contributed by atoms with E-state index in [1.165, 1.54) is 141 Å². The average Bonchev–Trinajstić information content (AvgIpc) is 3.14. The molecule has 0 spiro atoms. The van der Waals surface area contributed by atoms with Crippen LogP contribution in [0.15, 0.2) is 0 Å². The van der Waals surface area contributed by atoms with Crippen LogP contribution in [0.25, 0.3) is 0 Å². The summed E-state index contributed by atoms with van der Waals surface area (Å²) in [6.07, 6.45) is 47.6. The summed E-state index contributed by atoms with van der Waals surface area (Å²) in [7, 11) is 0. The van der Waals surface area contributed by atoms with Crippen molar-refractivity contribution >= 4 is 5.97 Å². The van der Waals surface area contributed by atoms with Crippen LogP contribution >= 0.6 is 0 Å². The predicted molar refractivity (Wildman–Crippen MR) is 214 cm³/mol. The van der Waals surface area contributed by atoms with Crippen molar-refractivity contribution in [1.82, 2.24) is 0 Å². The van der Waals surface area contributed by atoms with E-state index in [4.69, 9.17) is 4.74 Å². The molecule has 13 atom stereocenters. The number of carbonyl (C=O) groups excluding carboxylic acids is 1. The molecule has 7 aliphatic carbocycles. The minimum Gasteiger partial charge on any atom is -0.465 e. The van der Waals surface area contributed by atoms with Crippen LogP contribution in [0.2, 0.25) is 0 Å². The Morgan fingerprint density at radius 3 is 1.20 bits per heavy atom. The van der Waals surface area contributed by atoms with Gasteiger partial charge in [0, 0.05) is 0 Å². The molecule has 2 nitrogen and oxygen atoms in total. The van der Waals surface area contributed by atoms with Gasteiger partial charge in [-0.1, -0.05) is 142 Å². The molecule has 292 valence electrons. The van der Waals surface area contributed by atoms with E-state index in [1.807, 2.05) is 0 Å². The maximum absolute atomic E-state index is 13.5. The molecule has 0 amide bonds. The molecule has 51 heavy (non-hydrogen) atoms. The highest BCUT2D eigenvalue weighted by atomic mass is 16.5. The van der Waals surface area contributed by atoms with E-state index >= 15 is 0 Å². The third-order valence-electron chi connectivity index (χ3n) is 17.5. The Bertz CT molecular complexity index is 1020. The summed E-state index contributed by atoms with van der Waals surface area (Å²) in [4.78, 5) is 13.5. The molecule has 13 unspecified atom stereocenters. The normalized spacial score (nSPS) is 40.1. The highest BCUT2D eigenvalue weighted by Crippen LogP contribution is 2.61. The summed E-state index contributed by atoms with van der Waals surface area (Å²) in [6.45, 7) is 2.98. The largest absolute Gasteiger partial charge is 0.465 e. The number of unbranched alkanes of at least 4 members (excludes halogenated alkanes) is 15. The van der Waals surface area contributed by atoms with Gasteiger partial charge in [-0.05, 0) is 148 Å². The maximum Gasteiger partial charge on any atom is 0.309 e. The summed E-state index contributed by atoms with van der Waals surface area (Å²) < 4.78 is 6.07. The van der Waals surface area contributed by atoms with Crippen LogP contribution in [0.4, 0.5) is 0 Å². The van der Waals surface area contributed by atoms with Crippen LogP contribution < -0.4 is 0 Å². The Kier molecular flexibility index (Phi) is 15.1. The minimum atomic E-state index is 0.197. The molecule has 0 radical (unpaired) electrons. The number of hydrogen-bond donors (Lipinski definition) is 0. The second-order valence-corrected chi connectivity index (χ2v) is 20.7. The van der Waals surface area contributed by atoms with Crippen LogP contribution in [-0.4, -0.2) is 12.6 Å². The molecule has 0 aromatic rings. The van der Waals surface area contributed by atoms with E-state index in [9.17, 15) is 4.79 Å². The second kappa shape index (κ2) is 19.9. The molecule has 0 saturated heterocycles. The van der Waals surface area contributed by atoms with Gasteiger partial charge in [0.1, 0.15) is 0 Å². The first-order chi connectivity index (χ1) is 25.2. The monoisotopic (exact) mass is 705 g/mol. The van der Waals surface area contributed by atoms with E-state index in [2.05, 4.69) is 6.92 Å². The summed E-state index contributed by atoms with van der Waals surface area (Å²) in [5.41, 5.74) is 0. The van der Waals surface area contributed by atoms with Crippen LogP contribution in [-0.2, 0) is 9.53 Å². The summed E-state index contributed by atoms with van der Waals surface area (Å²) >= 11 is 0. The SMILES string of the molecule is CCCCCCCCCCCCCCCCCCOC(=O)C1CCCC2CC3CC4CC5CC6CC7CCCCC7CC6CC5CC4CC3CC21. The number of ether oxygens (including phenoxy) is 1. The first kappa shape index (κ1) is 38.7. The molecule has 0 aliphatic heterocycles. The fraction of sp³-hybridized carbons (Fsp3) is 0.980. The molecule has 0 heterocycles. The van der Waals surface area contributed by atoms with Crippen molar-refractivity contribution in [3.8, 4) is 0 Å². The fourth-order valence-corrected chi connectivity index (χ4v) is 14.8. The lowest BCUT2D eigenvalue weighted by atomic mass is 9.48. The second-order valence-electron chi connectivity index (χ2n) is 20.7. The van der Waals surface area contributed by atoms with Crippen molar-refractivity contribution in [3.05, 3.63) is 0 Å². The van der Waals surface area contributed by atoms with Crippen LogP contribution in [0.5, 0.6) is 0 Å². The first-order valence-electron chi connectivity index (χ1n) is 24.3. The van der Waals surface area contributed by atoms with Gasteiger partial charge in [0.2, 0.25) is 0 Å². The summed E-state index contributed by atoms with van der Waals surface area (Å²) in [5, 5.41) is 0. The lowest BCUT2D eigenvalue weighted by Gasteiger charge is -2.57. The van der Waals surface area contributed by atoms with Crippen molar-refractivity contribution in [3.63, 3.8) is 0 Å². The standard InChI is InChI=1S/C49H84O2/c1-2-3-4-5-6-7-8-9-10-11-12-13-14-15-16-19-25-51-49(50)47-24-20-23-38-28-41-31-44-32-42-29-39-26-36-21-17-18-22-37(36)27-40(39)30-43(42)33-45(44)34-46(41)35-48(38)47/h36-48H,2-35H2,1H3. The van der Waals surface area contributed by atoms with Gasteiger partial charge in [-0.3, -0.25) is 4.79 Å². The first-order valence-corrected chi connectivity index (χ1v) is 24.3. The third-order valence-corrected chi connectivity index (χ3v) is 17.5. The lowest BCUT2D eigenvalue weighted by molar-refractivity contribution is -0.156. The molecule has 7 fully saturated rings. The van der Waals surface area contributed by atoms with Gasteiger partial charge < -0.3 is 4.74 Å². The van der Waals surface area contributed by atoms with Gasteiger partial charge in [-0.15, -0.1) is 0 Å². The van der Waals surface area contributed by atoms with Crippen LogP contribution in [0, 0.1) is 76.9 Å². The van der Waals surface area contributed by atoms with Crippen LogP contribution in [0.3, 0.4) is 0 Å². The number of fused-ring (bicyclic) bond motifs is 6. The molecule has 0 aromatic heterocycles. The number of carbonyl (C=O) groups is 1. The molecule has 7 rings (SSSR count). The minimum absolute atomic E-state index is 0.197. The topological polar surface area (TPSA) is 26.3 Å². The number of hydrogen-bond acceptors (Lipinski definition) is 2. The van der Waals surface area contributed by atoms with E-state index < -0.39 is 0 Å². The highest BCUT2D eigenvalue weighted by molar-refractivity contribution is 5.73. The van der Waals surface area contributed by atoms with Crippen molar-refractivity contribution in [2.45, 2.75) is 219 Å². The zero-order chi connectivity index (χ0) is 34.8. The van der Waals surface area contributed by atoms with E-state index in [0.29, 0.717) is 12.5 Å². The van der Waals surface area contributed by atoms with Gasteiger partial charge in [0.25, 0.3) is 0 Å². The van der Waals surface area contributed by atoms with Gasteiger partial charge in [-0.2, -0.15) is 0 Å². The highest BCUT2D eigenvalue weighted by Gasteiger charge is 2.52. The third kappa shape index (κ3) is 10.4. The summed E-state index contributed by atoms with van der Waals surface area (Å²) in [6, 6.07) is 0. The van der Waals surface area contributed by atoms with Crippen molar-refractivity contribution in [1.29, 1.82) is 0 Å². The van der Waals surface area contributed by atoms with Crippen molar-refractivity contribution < 1.29 is 9.53 Å². The molecular formula is C49H84O2. The number of esters is 1. The smallest absolute Gasteiger partial charge is 0.309 e. The zero-order valence-corrected chi connectivity index (χ0v) is 33.9. The molecule has 7 saturated carbocycles. The number of rotatable bonds is 18. The fourth-order valence-electron chi connectivity index (χ4n) is 14.8. The molecular weight excluding hydrogens is 621 g/mol. The molecule has 2 heteroatoms. The van der Waals surface area contributed by atoms with Crippen LogP contribution in [0.1, 0.15) is 219 Å². The van der Waals surface area contributed by atoms with Gasteiger partial charge >= 0.3 is 5.97 Å².